The van der Waals surface area contributed by atoms with Gasteiger partial charge in [0.2, 0.25) is 0 Å². The number of carbonyl (C=O) groups excluding carboxylic acids is 1. The van der Waals surface area contributed by atoms with Crippen molar-refractivity contribution in [3.63, 3.8) is 0 Å². The number of rotatable bonds is 2. The highest BCUT2D eigenvalue weighted by atomic mass is 16.1. The lowest BCUT2D eigenvalue weighted by atomic mass is 10.1. The number of carbonyl (C=O) groups is 1. The van der Waals surface area contributed by atoms with Gasteiger partial charge in [-0.1, -0.05) is 19.1 Å². The fraction of sp³-hybridized carbons (Fsp3) is 0.273. The Kier molecular flexibility index (Phi) is 2.08. The Morgan fingerprint density at radius 3 is 2.93 bits per heavy atom. The number of nitrogens with zero attached hydrogens (tertiary/aromatic N) is 1. The standard InChI is InChI=1S/C11H12N2O/c1-3-10-9-6-4-5-8(7(2)14)11(9)13-12-10/h4-6H,3H2,1-2H3,(H,12,13). The zero-order valence-electron chi connectivity index (χ0n) is 8.29. The molecular weight excluding hydrogens is 176 g/mol. The van der Waals surface area contributed by atoms with E-state index in [0.717, 1.165) is 23.0 Å². The van der Waals surface area contributed by atoms with Crippen LogP contribution in [0.1, 0.15) is 29.9 Å². The predicted molar refractivity (Wildman–Crippen MR) is 55.5 cm³/mol. The number of nitrogens with one attached hydrogen (secondary N) is 1. The van der Waals surface area contributed by atoms with E-state index < -0.39 is 0 Å². The molecule has 0 saturated heterocycles. The predicted octanol–water partition coefficient (Wildman–Crippen LogP) is 2.33. The molecule has 1 aromatic heterocycles. The molecule has 1 aromatic carbocycles. The van der Waals surface area contributed by atoms with Crippen LogP contribution in [0.4, 0.5) is 0 Å². The molecule has 2 aromatic rings. The zero-order valence-corrected chi connectivity index (χ0v) is 8.29. The van der Waals surface area contributed by atoms with E-state index in [1.165, 1.54) is 0 Å². The van der Waals surface area contributed by atoms with Crippen LogP contribution in [0.15, 0.2) is 18.2 Å². The first-order valence-electron chi connectivity index (χ1n) is 4.71. The maximum absolute atomic E-state index is 11.3. The summed E-state index contributed by atoms with van der Waals surface area (Å²) in [5.74, 6) is 0.0600. The van der Waals surface area contributed by atoms with Gasteiger partial charge in [-0.15, -0.1) is 0 Å². The third-order valence-electron chi connectivity index (χ3n) is 2.40. The van der Waals surface area contributed by atoms with Crippen LogP contribution >= 0.6 is 0 Å². The smallest absolute Gasteiger partial charge is 0.162 e. The van der Waals surface area contributed by atoms with Gasteiger partial charge < -0.3 is 0 Å². The maximum Gasteiger partial charge on any atom is 0.162 e. The highest BCUT2D eigenvalue weighted by Gasteiger charge is 2.10. The maximum atomic E-state index is 11.3. The molecule has 0 unspecified atom stereocenters. The molecule has 0 amide bonds. The van der Waals surface area contributed by atoms with Crippen molar-refractivity contribution in [1.82, 2.24) is 10.2 Å². The molecule has 0 aliphatic rings. The monoisotopic (exact) mass is 188 g/mol. The summed E-state index contributed by atoms with van der Waals surface area (Å²) in [6, 6.07) is 5.70. The molecule has 0 aliphatic heterocycles. The summed E-state index contributed by atoms with van der Waals surface area (Å²) in [6.07, 6.45) is 0.901. The summed E-state index contributed by atoms with van der Waals surface area (Å²) in [5.41, 5.74) is 2.57. The number of H-pyrrole nitrogens is 1. The fourth-order valence-corrected chi connectivity index (χ4v) is 1.64. The quantitative estimate of drug-likeness (QED) is 0.735. The first-order valence-corrected chi connectivity index (χ1v) is 4.71. The Morgan fingerprint density at radius 1 is 1.50 bits per heavy atom. The van der Waals surface area contributed by atoms with Crippen LogP contribution in [0.2, 0.25) is 0 Å². The molecule has 0 bridgehead atoms. The molecule has 2 rings (SSSR count). The largest absolute Gasteiger partial charge is 0.294 e. The van der Waals surface area contributed by atoms with Gasteiger partial charge in [0.1, 0.15) is 5.52 Å². The first kappa shape index (κ1) is 8.94. The second-order valence-corrected chi connectivity index (χ2v) is 3.31. The molecule has 0 fully saturated rings. The van der Waals surface area contributed by atoms with Gasteiger partial charge >= 0.3 is 0 Å². The number of benzene rings is 1. The Bertz CT molecular complexity index is 485. The number of hydrogen-bond acceptors (Lipinski definition) is 2. The molecule has 0 saturated carbocycles. The second-order valence-electron chi connectivity index (χ2n) is 3.31. The lowest BCUT2D eigenvalue weighted by molar-refractivity contribution is 0.101. The van der Waals surface area contributed by atoms with Crippen LogP contribution in [0.3, 0.4) is 0 Å². The van der Waals surface area contributed by atoms with Gasteiger partial charge in [0.05, 0.1) is 0 Å². The number of aromatic nitrogens is 2. The van der Waals surface area contributed by atoms with Gasteiger partial charge in [-0.25, -0.2) is 0 Å². The van der Waals surface area contributed by atoms with Gasteiger partial charge in [0, 0.05) is 16.6 Å². The summed E-state index contributed by atoms with van der Waals surface area (Å²) in [7, 11) is 0. The van der Waals surface area contributed by atoms with Gasteiger partial charge in [-0.05, 0) is 19.4 Å². The molecule has 72 valence electrons. The second kappa shape index (κ2) is 3.25. The van der Waals surface area contributed by atoms with Gasteiger partial charge in [0.25, 0.3) is 0 Å². The van der Waals surface area contributed by atoms with Crippen molar-refractivity contribution in [3.05, 3.63) is 29.5 Å². The molecule has 1 N–H and O–H groups in total. The van der Waals surface area contributed by atoms with Crippen LogP contribution in [0, 0.1) is 0 Å². The van der Waals surface area contributed by atoms with Crippen molar-refractivity contribution < 1.29 is 4.79 Å². The van der Waals surface area contributed by atoms with Crippen molar-refractivity contribution in [2.24, 2.45) is 0 Å². The van der Waals surface area contributed by atoms with Crippen molar-refractivity contribution in [3.8, 4) is 0 Å². The Morgan fingerprint density at radius 2 is 2.29 bits per heavy atom. The number of ketones is 1. The van der Waals surface area contributed by atoms with E-state index in [4.69, 9.17) is 0 Å². The minimum atomic E-state index is 0.0600. The van der Waals surface area contributed by atoms with Crippen molar-refractivity contribution >= 4 is 16.7 Å². The van der Waals surface area contributed by atoms with Crippen molar-refractivity contribution in [2.45, 2.75) is 20.3 Å². The van der Waals surface area contributed by atoms with Crippen molar-refractivity contribution in [2.75, 3.05) is 0 Å². The number of aryl methyl sites for hydroxylation is 1. The van der Waals surface area contributed by atoms with E-state index in [1.807, 2.05) is 18.2 Å². The average Bonchev–Trinajstić information content (AvgIpc) is 2.59. The van der Waals surface area contributed by atoms with Gasteiger partial charge in [-0.3, -0.25) is 9.89 Å². The summed E-state index contributed by atoms with van der Waals surface area (Å²) in [6.45, 7) is 3.63. The highest BCUT2D eigenvalue weighted by Crippen LogP contribution is 2.20. The molecule has 0 spiro atoms. The van der Waals surface area contributed by atoms with Crippen molar-refractivity contribution in [1.29, 1.82) is 0 Å². The van der Waals surface area contributed by atoms with E-state index in [9.17, 15) is 4.79 Å². The van der Waals surface area contributed by atoms with E-state index in [2.05, 4.69) is 17.1 Å². The first-order chi connectivity index (χ1) is 6.74. The Hall–Kier alpha value is -1.64. The highest BCUT2D eigenvalue weighted by molar-refractivity contribution is 6.05. The van der Waals surface area contributed by atoms with Crippen LogP contribution in [-0.4, -0.2) is 16.0 Å². The van der Waals surface area contributed by atoms with Crippen LogP contribution in [-0.2, 0) is 6.42 Å². The number of aromatic amines is 1. The summed E-state index contributed by atoms with van der Waals surface area (Å²) in [5, 5.41) is 8.18. The molecule has 3 nitrogen and oxygen atoms in total. The zero-order chi connectivity index (χ0) is 10.1. The van der Waals surface area contributed by atoms with Crippen LogP contribution in [0.5, 0.6) is 0 Å². The lowest BCUT2D eigenvalue weighted by Crippen LogP contribution is -1.92. The summed E-state index contributed by atoms with van der Waals surface area (Å²) < 4.78 is 0. The van der Waals surface area contributed by atoms with E-state index in [1.54, 1.807) is 6.92 Å². The SMILES string of the molecule is CCc1[nH]nc2c(C(C)=O)cccc12. The Labute approximate surface area is 82.1 Å². The Balaban J connectivity index is 2.76. The number of hydrogen-bond donors (Lipinski definition) is 1. The summed E-state index contributed by atoms with van der Waals surface area (Å²) >= 11 is 0. The number of Topliss-reactive ketones (excluding diaryl/α,β-unsaturated/α-hetero) is 1. The normalized spacial score (nSPS) is 10.7. The fourth-order valence-electron chi connectivity index (χ4n) is 1.64. The molecule has 3 heteroatoms. The van der Waals surface area contributed by atoms with Gasteiger partial charge in [-0.2, -0.15) is 5.10 Å². The number of para-hydroxylation sites is 1. The molecule has 14 heavy (non-hydrogen) atoms. The number of fused-ring (bicyclic) bond motifs is 1. The topological polar surface area (TPSA) is 45.8 Å². The third kappa shape index (κ3) is 1.21. The van der Waals surface area contributed by atoms with E-state index in [0.29, 0.717) is 5.56 Å². The molecule has 0 aliphatic carbocycles. The van der Waals surface area contributed by atoms with E-state index in [-0.39, 0.29) is 5.78 Å². The molecule has 0 atom stereocenters. The minimum Gasteiger partial charge on any atom is -0.294 e. The molecule has 1 heterocycles. The third-order valence-corrected chi connectivity index (χ3v) is 2.40. The molecule has 0 radical (unpaired) electrons. The van der Waals surface area contributed by atoms with E-state index >= 15 is 0 Å². The molecular formula is C11H12N2O. The average molecular weight is 188 g/mol. The van der Waals surface area contributed by atoms with Gasteiger partial charge in [0.15, 0.2) is 5.78 Å². The lowest BCUT2D eigenvalue weighted by Gasteiger charge is -1.96. The van der Waals surface area contributed by atoms with Crippen LogP contribution < -0.4 is 0 Å². The minimum absolute atomic E-state index is 0.0600. The summed E-state index contributed by atoms with van der Waals surface area (Å²) in [4.78, 5) is 11.3. The van der Waals surface area contributed by atoms with Crippen LogP contribution in [0.25, 0.3) is 10.9 Å².